The highest BCUT2D eigenvalue weighted by Gasteiger charge is 2.46. The zero-order valence-electron chi connectivity index (χ0n) is 48.9. The molecule has 2 aromatic heterocycles. The summed E-state index contributed by atoms with van der Waals surface area (Å²) in [4.78, 5) is 72.9. The van der Waals surface area contributed by atoms with E-state index in [1.165, 1.54) is 72.7 Å². The van der Waals surface area contributed by atoms with Crippen LogP contribution in [0.4, 0.5) is 17.3 Å². The Hall–Kier alpha value is -4.69. The maximum Gasteiger partial charge on any atom is 0.490 e. The Bertz CT molecular complexity index is 3500. The monoisotopic (exact) mass is 1260 g/mol. The maximum absolute atomic E-state index is 13.2. The fraction of sp³-hybridized carbons (Fsp3) is 0.483. The maximum atomic E-state index is 13.2. The molecule has 1 saturated heterocycles. The van der Waals surface area contributed by atoms with Crippen molar-refractivity contribution >= 4 is 84.9 Å². The summed E-state index contributed by atoms with van der Waals surface area (Å²) in [6.07, 6.45) is 15.5. The third-order valence-electron chi connectivity index (χ3n) is 14.7. The van der Waals surface area contributed by atoms with Gasteiger partial charge in [0.15, 0.2) is 11.4 Å². The van der Waals surface area contributed by atoms with Gasteiger partial charge in [0.25, 0.3) is 5.56 Å². The lowest BCUT2D eigenvalue weighted by Gasteiger charge is -2.25. The van der Waals surface area contributed by atoms with Gasteiger partial charge in [0.05, 0.1) is 35.7 Å². The first kappa shape index (κ1) is 66.8. The minimum absolute atomic E-state index is 0.0105. The van der Waals surface area contributed by atoms with Gasteiger partial charge in [0, 0.05) is 77.7 Å². The average Bonchev–Trinajstić information content (AvgIpc) is 1.78. The van der Waals surface area contributed by atoms with Crippen LogP contribution in [0.15, 0.2) is 96.1 Å². The van der Waals surface area contributed by atoms with E-state index in [-0.39, 0.29) is 63.5 Å². The number of nitrogens with zero attached hydrogens (tertiary/aromatic N) is 4. The number of hydrogen-bond acceptors (Lipinski definition) is 16. The number of phosphoric acid groups is 3. The first-order chi connectivity index (χ1) is 39.5. The molecule has 3 aliphatic rings. The summed E-state index contributed by atoms with van der Waals surface area (Å²) in [5.74, 6) is 6.25. The Labute approximate surface area is 499 Å². The number of unbranched alkanes of at least 4 members (excludes halogenated alkanes) is 2. The molecule has 3 aliphatic heterocycles. The molecule has 1 fully saturated rings. The van der Waals surface area contributed by atoms with Crippen molar-refractivity contribution in [1.29, 1.82) is 0 Å². The smallest absolute Gasteiger partial charge is 0.371 e. The van der Waals surface area contributed by atoms with Crippen LogP contribution in [-0.4, -0.2) is 106 Å². The molecule has 0 bridgehead atoms. The van der Waals surface area contributed by atoms with E-state index in [4.69, 9.17) is 34.3 Å². The van der Waals surface area contributed by atoms with Gasteiger partial charge in [-0.15, -0.1) is 6.58 Å². The number of carbonyl (C=O) groups excluding carboxylic acids is 1. The lowest BCUT2D eigenvalue weighted by Crippen LogP contribution is -2.29. The Morgan fingerprint density at radius 2 is 1.71 bits per heavy atom. The molecule has 21 nitrogen and oxygen atoms in total. The number of aromatic amines is 1. The minimum atomic E-state index is -5.76. The molecule has 5 atom stereocenters. The number of likely N-dealkylation sites (N-methyl/N-ethyl adjacent to an activating group) is 1. The second kappa shape index (κ2) is 28.0. The van der Waals surface area contributed by atoms with Crippen LogP contribution < -0.4 is 16.2 Å². The van der Waals surface area contributed by atoms with E-state index in [2.05, 4.69) is 176 Å². The van der Waals surface area contributed by atoms with E-state index < -0.39 is 54.1 Å². The molecule has 7 rings (SSSR count). The van der Waals surface area contributed by atoms with Gasteiger partial charge in [-0.3, -0.25) is 19.1 Å². The second-order valence-electron chi connectivity index (χ2n) is 22.5. The topological polar surface area (TPSA) is 288 Å². The van der Waals surface area contributed by atoms with Gasteiger partial charge in [0.2, 0.25) is 11.6 Å². The molecule has 2 aromatic carbocycles. The lowest BCUT2D eigenvalue weighted by molar-refractivity contribution is -0.438. The SMILES string of the molecule is C=CCOC1C[C@H](n2cc(C#CCOCSSC(C)(C)CCC(=O)CCCCC[N+]3=C(/C=C/C=C/C=C4/N(CC)c5ccc(C)cc5C4(C)C)C(C)(C)c4cc(C)ccc43)c3c(=O)[nH]c(N)nc32)O[C@@H]1COP(=O)(O)OP(=O)(O)OP(=O)(O)O. The molecule has 84 heavy (non-hydrogen) atoms. The van der Waals surface area contributed by atoms with Crippen LogP contribution in [0.5, 0.6) is 0 Å². The highest BCUT2D eigenvalue weighted by atomic mass is 33.1. The van der Waals surface area contributed by atoms with E-state index in [1.54, 1.807) is 10.8 Å². The summed E-state index contributed by atoms with van der Waals surface area (Å²) in [5, 5.41) is 0.0951. The number of allylic oxidation sites excluding steroid dienone is 6. The zero-order valence-corrected chi connectivity index (χ0v) is 53.3. The number of Topliss-reactive ketones (excluding diaryl/α,β-unsaturated/α-hetero) is 1. The minimum Gasteiger partial charge on any atom is -0.371 e. The molecule has 4 aromatic rings. The quantitative estimate of drug-likeness (QED) is 0.00430. The van der Waals surface area contributed by atoms with Crippen molar-refractivity contribution in [2.45, 2.75) is 141 Å². The molecule has 0 radical (unpaired) electrons. The van der Waals surface area contributed by atoms with Gasteiger partial charge in [0.1, 0.15) is 37.2 Å². The molecular weight excluding hydrogens is 1180 g/mol. The molecular formula is C58H78N6O15P3S2+. The van der Waals surface area contributed by atoms with Crippen molar-refractivity contribution in [2.24, 2.45) is 0 Å². The van der Waals surface area contributed by atoms with E-state index in [1.807, 2.05) is 0 Å². The number of nitrogens with two attached hydrogens (primary N) is 1. The molecule has 0 saturated carbocycles. The number of benzene rings is 2. The van der Waals surface area contributed by atoms with Crippen molar-refractivity contribution in [2.75, 3.05) is 49.5 Å². The predicted molar refractivity (Wildman–Crippen MR) is 330 cm³/mol. The fourth-order valence-electron chi connectivity index (χ4n) is 10.7. The Morgan fingerprint density at radius 3 is 2.43 bits per heavy atom. The third-order valence-corrected chi connectivity index (χ3v) is 21.6. The van der Waals surface area contributed by atoms with E-state index in [0.29, 0.717) is 25.2 Å². The average molecular weight is 1260 g/mol. The molecule has 7 N–H and O–H groups in total. The first-order valence-electron chi connectivity index (χ1n) is 27.6. The molecule has 0 spiro atoms. The number of aryl methyl sites for hydroxylation is 2. The first-order valence-corrected chi connectivity index (χ1v) is 34.5. The summed E-state index contributed by atoms with van der Waals surface area (Å²) in [6.45, 7) is 24.6. The number of ether oxygens (including phenoxy) is 3. The van der Waals surface area contributed by atoms with E-state index >= 15 is 0 Å². The highest BCUT2D eigenvalue weighted by Crippen LogP contribution is 2.66. The molecule has 0 amide bonds. The number of rotatable bonds is 29. The number of aromatic nitrogens is 3. The fourth-order valence-corrected chi connectivity index (χ4v) is 16.0. The van der Waals surface area contributed by atoms with Crippen LogP contribution >= 0.6 is 45.1 Å². The molecule has 3 unspecified atom stereocenters. The molecule has 5 heterocycles. The number of ketones is 1. The molecule has 0 aliphatic carbocycles. The van der Waals surface area contributed by atoms with Crippen LogP contribution in [0, 0.1) is 25.7 Å². The van der Waals surface area contributed by atoms with E-state index in [0.717, 1.165) is 32.4 Å². The standard InChI is InChI=1S/C58H77N6O15P3S2/c1-11-31-75-47-35-51(77-48(47)37-76-81(70,71)79-82(72,73)78-80(67,68)69)64-36-41(52-53(64)60-55(59)61-54(52)66)20-19-32-74-38-83-84-56(5,6)29-28-42(65)21-15-14-18-30-63-46-27-25-40(4)34-44(46)58(9,10)50(63)23-17-13-16-22-49-57(7,8)43-33-39(3)24-26-45(43)62(49)12-2/h11,13,16-17,22-27,33-34,36,47-48,51H,1,12,14-15,18,21,28-32,35,37-38H2,2-10H3,(H6-,59,60,61,66,67,68,69,70,71,72,73)/p+1/t47?,48-,51-/m1/s1. The Morgan fingerprint density at radius 1 is 0.988 bits per heavy atom. The van der Waals surface area contributed by atoms with Gasteiger partial charge in [-0.05, 0) is 91.5 Å². The van der Waals surface area contributed by atoms with Crippen LogP contribution in [0.1, 0.15) is 127 Å². The normalized spacial score (nSPS) is 20.4. The van der Waals surface area contributed by atoms with Crippen LogP contribution in [0.2, 0.25) is 0 Å². The Balaban J connectivity index is 0.866. The van der Waals surface area contributed by atoms with Crippen molar-refractivity contribution in [3.63, 3.8) is 0 Å². The lowest BCUT2D eigenvalue weighted by atomic mass is 9.81. The highest BCUT2D eigenvalue weighted by molar-refractivity contribution is 8.77. The summed E-state index contributed by atoms with van der Waals surface area (Å²) >= 11 is 0. The van der Waals surface area contributed by atoms with Crippen molar-refractivity contribution in [3.05, 3.63) is 129 Å². The van der Waals surface area contributed by atoms with Crippen LogP contribution in [0.25, 0.3) is 11.0 Å². The summed E-state index contributed by atoms with van der Waals surface area (Å²) in [5.41, 5.74) is 15.7. The van der Waals surface area contributed by atoms with Gasteiger partial charge in [-0.1, -0.05) is 101 Å². The number of hydrogen-bond donors (Lipinski definition) is 6. The number of phosphoric ester groups is 1. The zero-order chi connectivity index (χ0) is 61.4. The largest absolute Gasteiger partial charge is 0.490 e. The number of fused-ring (bicyclic) bond motifs is 3. The van der Waals surface area contributed by atoms with Gasteiger partial charge >= 0.3 is 23.5 Å². The summed E-state index contributed by atoms with van der Waals surface area (Å²) < 4.78 is 69.3. The molecule has 456 valence electrons. The molecule has 26 heteroatoms. The van der Waals surface area contributed by atoms with Crippen LogP contribution in [0.3, 0.4) is 0 Å². The van der Waals surface area contributed by atoms with Crippen LogP contribution in [-0.2, 0) is 56.7 Å². The number of H-pyrrole nitrogens is 1. The number of anilines is 2. The van der Waals surface area contributed by atoms with Gasteiger partial charge in [-0.2, -0.15) is 18.2 Å². The van der Waals surface area contributed by atoms with Crippen molar-refractivity contribution in [3.8, 4) is 11.8 Å². The van der Waals surface area contributed by atoms with Crippen molar-refractivity contribution < 1.29 is 70.0 Å². The predicted octanol–water partition coefficient (Wildman–Crippen LogP) is 11.4. The van der Waals surface area contributed by atoms with E-state index in [9.17, 15) is 33.1 Å². The summed E-state index contributed by atoms with van der Waals surface area (Å²) in [7, 11) is -13.7. The number of carbonyl (C=O) groups is 1. The number of nitrogens with one attached hydrogen (secondary N) is 1. The third kappa shape index (κ3) is 17.1. The van der Waals surface area contributed by atoms with Gasteiger partial charge in [-0.25, -0.2) is 13.7 Å². The Kier molecular flexibility index (Phi) is 22.3. The summed E-state index contributed by atoms with van der Waals surface area (Å²) in [6, 6.07) is 13.5. The van der Waals surface area contributed by atoms with Crippen molar-refractivity contribution in [1.82, 2.24) is 14.5 Å². The number of nitrogen functional groups attached to an aromatic ring is 1. The second-order valence-corrected chi connectivity index (χ2v) is 29.8. The van der Waals surface area contributed by atoms with Gasteiger partial charge < -0.3 is 49.0 Å².